The van der Waals surface area contributed by atoms with Crippen LogP contribution in [-0.4, -0.2) is 25.8 Å². The molecule has 0 spiro atoms. The number of sulfonamides is 1. The lowest BCUT2D eigenvalue weighted by Crippen LogP contribution is -2.31. The van der Waals surface area contributed by atoms with Crippen molar-refractivity contribution in [2.75, 3.05) is 18.8 Å². The first-order valence-electron chi connectivity index (χ1n) is 4.92. The molecule has 0 aromatic heterocycles. The van der Waals surface area contributed by atoms with Gasteiger partial charge in [0.1, 0.15) is 10.7 Å². The van der Waals surface area contributed by atoms with Crippen molar-refractivity contribution in [1.29, 1.82) is 0 Å². The second-order valence-corrected chi connectivity index (χ2v) is 5.23. The summed E-state index contributed by atoms with van der Waals surface area (Å²) in [6, 6.07) is 3.44. The van der Waals surface area contributed by atoms with E-state index in [0.29, 0.717) is 0 Å². The summed E-state index contributed by atoms with van der Waals surface area (Å²) in [7, 11) is -3.90. The van der Waals surface area contributed by atoms with Crippen LogP contribution in [0, 0.1) is 18.2 Å². The maximum absolute atomic E-state index is 13.5. The van der Waals surface area contributed by atoms with Crippen molar-refractivity contribution in [1.82, 2.24) is 4.31 Å². The lowest BCUT2D eigenvalue weighted by Gasteiger charge is -2.18. The Morgan fingerprint density at radius 1 is 1.53 bits per heavy atom. The highest BCUT2D eigenvalue weighted by molar-refractivity contribution is 7.89. The zero-order valence-electron chi connectivity index (χ0n) is 9.35. The number of halogens is 1. The third-order valence-electron chi connectivity index (χ3n) is 2.19. The summed E-state index contributed by atoms with van der Waals surface area (Å²) in [5, 5.41) is 0. The van der Waals surface area contributed by atoms with Crippen LogP contribution in [0.1, 0.15) is 6.92 Å². The number of benzene rings is 1. The highest BCUT2D eigenvalue weighted by Crippen LogP contribution is 2.20. The molecule has 0 unspecified atom stereocenters. The molecule has 0 saturated heterocycles. The predicted molar refractivity (Wildman–Crippen MR) is 64.1 cm³/mol. The van der Waals surface area contributed by atoms with E-state index in [4.69, 9.17) is 12.2 Å². The molecule has 1 aromatic rings. The van der Waals surface area contributed by atoms with Crippen molar-refractivity contribution in [2.24, 2.45) is 0 Å². The minimum absolute atomic E-state index is 0.0946. The van der Waals surface area contributed by atoms with Crippen LogP contribution >= 0.6 is 0 Å². The van der Waals surface area contributed by atoms with Crippen LogP contribution in [0.4, 0.5) is 10.1 Å². The molecule has 0 aliphatic carbocycles. The van der Waals surface area contributed by atoms with Gasteiger partial charge in [0.15, 0.2) is 0 Å². The third kappa shape index (κ3) is 2.75. The third-order valence-corrected chi connectivity index (χ3v) is 4.15. The standard InChI is InChI=1S/C11H13FN2O2S/c1-3-7-14(4-2)17(15,16)11-6-5-9(13)8-10(11)12/h1,5-6,8H,4,7,13H2,2H3. The molecule has 0 fully saturated rings. The number of rotatable bonds is 4. The molecule has 2 N–H and O–H groups in total. The van der Waals surface area contributed by atoms with Crippen molar-refractivity contribution in [3.8, 4) is 12.3 Å². The molecule has 6 heteroatoms. The molecule has 0 atom stereocenters. The topological polar surface area (TPSA) is 63.4 Å². The summed E-state index contributed by atoms with van der Waals surface area (Å²) in [5.41, 5.74) is 5.53. The molecule has 17 heavy (non-hydrogen) atoms. The number of nitrogens with two attached hydrogens (primary N) is 1. The molecule has 0 bridgehead atoms. The van der Waals surface area contributed by atoms with Gasteiger partial charge in [-0.25, -0.2) is 12.8 Å². The fourth-order valence-electron chi connectivity index (χ4n) is 1.33. The Morgan fingerprint density at radius 2 is 2.18 bits per heavy atom. The summed E-state index contributed by atoms with van der Waals surface area (Å²) >= 11 is 0. The van der Waals surface area contributed by atoms with Crippen molar-refractivity contribution in [3.63, 3.8) is 0 Å². The van der Waals surface area contributed by atoms with Gasteiger partial charge in [-0.2, -0.15) is 4.31 Å². The van der Waals surface area contributed by atoms with Crippen LogP contribution in [0.2, 0.25) is 0 Å². The quantitative estimate of drug-likeness (QED) is 0.647. The summed E-state index contributed by atoms with van der Waals surface area (Å²) < 4.78 is 38.6. The number of hydrogen-bond acceptors (Lipinski definition) is 3. The molecule has 0 aliphatic rings. The Morgan fingerprint density at radius 3 is 2.65 bits per heavy atom. The van der Waals surface area contributed by atoms with Crippen LogP contribution in [0.15, 0.2) is 23.1 Å². The first-order valence-corrected chi connectivity index (χ1v) is 6.36. The van der Waals surface area contributed by atoms with E-state index in [1.54, 1.807) is 6.92 Å². The first-order chi connectivity index (χ1) is 7.93. The van der Waals surface area contributed by atoms with Crippen molar-refractivity contribution in [3.05, 3.63) is 24.0 Å². The van der Waals surface area contributed by atoms with Crippen LogP contribution in [0.5, 0.6) is 0 Å². The molecule has 0 saturated carbocycles. The first kappa shape index (κ1) is 13.5. The average molecular weight is 256 g/mol. The average Bonchev–Trinajstić information content (AvgIpc) is 2.24. The molecule has 0 radical (unpaired) electrons. The Labute approximate surface area is 100 Å². The molecule has 0 amide bonds. The summed E-state index contributed by atoms with van der Waals surface area (Å²) in [5.74, 6) is 1.35. The van der Waals surface area contributed by atoms with Crippen LogP contribution < -0.4 is 5.73 Å². The van der Waals surface area contributed by atoms with E-state index in [1.807, 2.05) is 0 Å². The van der Waals surface area contributed by atoms with E-state index in [1.165, 1.54) is 6.07 Å². The van der Waals surface area contributed by atoms with E-state index < -0.39 is 20.7 Å². The molecule has 1 aromatic carbocycles. The zero-order chi connectivity index (χ0) is 13.1. The van der Waals surface area contributed by atoms with Gasteiger partial charge in [0.25, 0.3) is 0 Å². The minimum atomic E-state index is -3.90. The zero-order valence-corrected chi connectivity index (χ0v) is 10.2. The molecular formula is C11H13FN2O2S. The molecule has 4 nitrogen and oxygen atoms in total. The van der Waals surface area contributed by atoms with Crippen molar-refractivity contribution < 1.29 is 12.8 Å². The van der Waals surface area contributed by atoms with Gasteiger partial charge in [-0.05, 0) is 18.2 Å². The normalized spacial score (nSPS) is 11.4. The van der Waals surface area contributed by atoms with E-state index in [-0.39, 0.29) is 18.8 Å². The predicted octanol–water partition coefficient (Wildman–Crippen LogP) is 1.05. The lowest BCUT2D eigenvalue weighted by molar-refractivity contribution is 0.457. The minimum Gasteiger partial charge on any atom is -0.399 e. The number of anilines is 1. The maximum Gasteiger partial charge on any atom is 0.246 e. The fraction of sp³-hybridized carbons (Fsp3) is 0.273. The van der Waals surface area contributed by atoms with E-state index in [2.05, 4.69) is 5.92 Å². The van der Waals surface area contributed by atoms with Gasteiger partial charge in [-0.15, -0.1) is 6.42 Å². The van der Waals surface area contributed by atoms with Gasteiger partial charge < -0.3 is 5.73 Å². The SMILES string of the molecule is C#CCN(CC)S(=O)(=O)c1ccc(N)cc1F. The van der Waals surface area contributed by atoms with Crippen LogP contribution in [0.25, 0.3) is 0 Å². The summed E-state index contributed by atoms with van der Waals surface area (Å²) in [6.07, 6.45) is 5.07. The Kier molecular flexibility index (Phi) is 4.10. The van der Waals surface area contributed by atoms with Gasteiger partial charge in [0, 0.05) is 12.2 Å². The van der Waals surface area contributed by atoms with Gasteiger partial charge in [-0.1, -0.05) is 12.8 Å². The number of hydrogen-bond donors (Lipinski definition) is 1. The monoisotopic (exact) mass is 256 g/mol. The summed E-state index contributed by atoms with van der Waals surface area (Å²) in [6.45, 7) is 1.71. The van der Waals surface area contributed by atoms with Gasteiger partial charge in [-0.3, -0.25) is 0 Å². The fourth-order valence-corrected chi connectivity index (χ4v) is 2.74. The van der Waals surface area contributed by atoms with Crippen LogP contribution in [0.3, 0.4) is 0 Å². The second-order valence-electron chi connectivity index (χ2n) is 3.33. The molecule has 0 heterocycles. The highest BCUT2D eigenvalue weighted by atomic mass is 32.2. The Balaban J connectivity index is 3.26. The van der Waals surface area contributed by atoms with Crippen molar-refractivity contribution in [2.45, 2.75) is 11.8 Å². The van der Waals surface area contributed by atoms with E-state index >= 15 is 0 Å². The van der Waals surface area contributed by atoms with E-state index in [0.717, 1.165) is 16.4 Å². The molecular weight excluding hydrogens is 243 g/mol. The van der Waals surface area contributed by atoms with Crippen LogP contribution in [-0.2, 0) is 10.0 Å². The number of nitrogen functional groups attached to an aromatic ring is 1. The highest BCUT2D eigenvalue weighted by Gasteiger charge is 2.25. The molecule has 1 rings (SSSR count). The summed E-state index contributed by atoms with van der Waals surface area (Å²) in [4.78, 5) is -0.413. The second kappa shape index (κ2) is 5.17. The molecule has 0 aliphatic heterocycles. The van der Waals surface area contributed by atoms with Gasteiger partial charge in [0.05, 0.1) is 6.54 Å². The van der Waals surface area contributed by atoms with Gasteiger partial charge >= 0.3 is 0 Å². The molecule has 92 valence electrons. The Hall–Kier alpha value is -1.58. The smallest absolute Gasteiger partial charge is 0.246 e. The largest absolute Gasteiger partial charge is 0.399 e. The van der Waals surface area contributed by atoms with Gasteiger partial charge in [0.2, 0.25) is 10.0 Å². The van der Waals surface area contributed by atoms with E-state index in [9.17, 15) is 12.8 Å². The maximum atomic E-state index is 13.5. The van der Waals surface area contributed by atoms with Crippen molar-refractivity contribution >= 4 is 15.7 Å². The Bertz CT molecular complexity index is 549. The lowest BCUT2D eigenvalue weighted by atomic mass is 10.3. The number of nitrogens with zero attached hydrogens (tertiary/aromatic N) is 1. The number of terminal acetylenes is 1.